The number of hydrogen-bond acceptors (Lipinski definition) is 6. The Bertz CT molecular complexity index is 1200. The molecule has 2 aromatic carbocycles. The van der Waals surface area contributed by atoms with Gasteiger partial charge >= 0.3 is 0 Å². The molecule has 0 aliphatic rings. The van der Waals surface area contributed by atoms with E-state index in [9.17, 15) is 0 Å². The number of nitrogens with zero attached hydrogens (tertiary/aromatic N) is 4. The molecule has 0 spiro atoms. The molecular formula is C22H21BrN4OS. The Balaban J connectivity index is 1.66. The number of thiazole rings is 1. The van der Waals surface area contributed by atoms with Gasteiger partial charge in [0, 0.05) is 34.9 Å². The quantitative estimate of drug-likeness (QED) is 0.345. The highest BCUT2D eigenvalue weighted by atomic mass is 79.9. The molecule has 2 heterocycles. The molecule has 0 aliphatic carbocycles. The largest absolute Gasteiger partial charge is 0.496 e. The lowest BCUT2D eigenvalue weighted by atomic mass is 10.1. The number of anilines is 1. The summed E-state index contributed by atoms with van der Waals surface area (Å²) < 4.78 is 6.59. The Morgan fingerprint density at radius 2 is 1.83 bits per heavy atom. The van der Waals surface area contributed by atoms with Gasteiger partial charge in [0.1, 0.15) is 10.8 Å². The van der Waals surface area contributed by atoms with Crippen molar-refractivity contribution in [1.82, 2.24) is 15.0 Å². The molecule has 0 bridgehead atoms. The highest BCUT2D eigenvalue weighted by Gasteiger charge is 2.09. The Kier molecular flexibility index (Phi) is 5.78. The second kappa shape index (κ2) is 8.47. The van der Waals surface area contributed by atoms with Gasteiger partial charge in [0.2, 0.25) is 0 Å². The smallest absolute Gasteiger partial charge is 0.190 e. The van der Waals surface area contributed by atoms with Crippen molar-refractivity contribution in [2.45, 2.75) is 13.8 Å². The summed E-state index contributed by atoms with van der Waals surface area (Å²) in [6.45, 7) is 6.24. The molecule has 7 heteroatoms. The van der Waals surface area contributed by atoms with Gasteiger partial charge in [-0.25, -0.2) is 15.0 Å². The lowest BCUT2D eigenvalue weighted by Gasteiger charge is -2.22. The van der Waals surface area contributed by atoms with Gasteiger partial charge in [0.15, 0.2) is 10.5 Å². The predicted molar refractivity (Wildman–Crippen MR) is 126 cm³/mol. The molecule has 0 fully saturated rings. The van der Waals surface area contributed by atoms with Crippen molar-refractivity contribution in [1.29, 1.82) is 0 Å². The first-order valence-corrected chi connectivity index (χ1v) is 11.1. The molecule has 0 saturated heterocycles. The molecule has 4 rings (SSSR count). The Morgan fingerprint density at radius 3 is 2.59 bits per heavy atom. The lowest BCUT2D eigenvalue weighted by Crippen LogP contribution is -2.21. The molecule has 0 atom stereocenters. The van der Waals surface area contributed by atoms with Crippen LogP contribution in [0.3, 0.4) is 0 Å². The summed E-state index contributed by atoms with van der Waals surface area (Å²) in [4.78, 5) is 17.1. The summed E-state index contributed by atoms with van der Waals surface area (Å²) >= 11 is 5.01. The fourth-order valence-electron chi connectivity index (χ4n) is 3.22. The molecule has 0 N–H and O–H groups in total. The van der Waals surface area contributed by atoms with Crippen LogP contribution in [0, 0.1) is 0 Å². The number of rotatable bonds is 6. The van der Waals surface area contributed by atoms with Crippen LogP contribution in [0.25, 0.3) is 33.7 Å². The van der Waals surface area contributed by atoms with Crippen molar-refractivity contribution in [2.24, 2.45) is 0 Å². The van der Waals surface area contributed by atoms with Gasteiger partial charge < -0.3 is 9.64 Å². The van der Waals surface area contributed by atoms with E-state index in [1.165, 1.54) is 11.3 Å². The van der Waals surface area contributed by atoms with E-state index in [1.54, 1.807) is 7.11 Å². The minimum Gasteiger partial charge on any atom is -0.496 e. The maximum Gasteiger partial charge on any atom is 0.190 e. The van der Waals surface area contributed by atoms with Crippen LogP contribution in [0.5, 0.6) is 5.75 Å². The standard InChI is InChI=1S/C22H21BrN4OS/c1-4-27(5-2)16-9-6-14(19(13-16)28-3)7-11-20-26-21-22(29-20)25-17-10-8-15(23)12-18(17)24-21/h6-13H,4-5H2,1-3H3/b11-7+. The maximum absolute atomic E-state index is 5.61. The first-order chi connectivity index (χ1) is 14.1. The molecule has 0 aliphatic heterocycles. The fourth-order valence-corrected chi connectivity index (χ4v) is 4.37. The zero-order valence-corrected chi connectivity index (χ0v) is 18.9. The predicted octanol–water partition coefficient (Wildman–Crippen LogP) is 6.03. The molecule has 0 unspecified atom stereocenters. The second-order valence-electron chi connectivity index (χ2n) is 6.47. The van der Waals surface area contributed by atoms with E-state index in [1.807, 2.05) is 30.4 Å². The van der Waals surface area contributed by atoms with Crippen LogP contribution in [0.2, 0.25) is 0 Å². The number of methoxy groups -OCH3 is 1. The van der Waals surface area contributed by atoms with Gasteiger partial charge in [-0.2, -0.15) is 0 Å². The third-order valence-electron chi connectivity index (χ3n) is 4.75. The normalized spacial score (nSPS) is 11.6. The van der Waals surface area contributed by atoms with Crippen LogP contribution in [0.15, 0.2) is 40.9 Å². The van der Waals surface area contributed by atoms with Gasteiger partial charge in [-0.1, -0.05) is 27.3 Å². The number of benzene rings is 2. The summed E-state index contributed by atoms with van der Waals surface area (Å²) in [7, 11) is 1.70. The van der Waals surface area contributed by atoms with Gasteiger partial charge in [0.05, 0.1) is 18.1 Å². The van der Waals surface area contributed by atoms with E-state index >= 15 is 0 Å². The SMILES string of the molecule is CCN(CC)c1ccc(/C=C/c2nc3nc4cc(Br)ccc4nc3s2)c(OC)c1. The van der Waals surface area contributed by atoms with E-state index in [2.05, 4.69) is 67.8 Å². The van der Waals surface area contributed by atoms with Crippen LogP contribution >= 0.6 is 27.3 Å². The fraction of sp³-hybridized carbons (Fsp3) is 0.227. The van der Waals surface area contributed by atoms with Crippen molar-refractivity contribution in [3.63, 3.8) is 0 Å². The number of aromatic nitrogens is 3. The molecule has 0 saturated carbocycles. The minimum atomic E-state index is 0.670. The lowest BCUT2D eigenvalue weighted by molar-refractivity contribution is 0.414. The average Bonchev–Trinajstić information content (AvgIpc) is 3.13. The van der Waals surface area contributed by atoms with Crippen LogP contribution in [0.1, 0.15) is 24.4 Å². The van der Waals surface area contributed by atoms with Gasteiger partial charge in [-0.05, 0) is 56.3 Å². The second-order valence-corrected chi connectivity index (χ2v) is 8.39. The van der Waals surface area contributed by atoms with E-state index in [0.29, 0.717) is 5.65 Å². The summed E-state index contributed by atoms with van der Waals surface area (Å²) in [5.74, 6) is 0.846. The van der Waals surface area contributed by atoms with Gasteiger partial charge in [-0.15, -0.1) is 0 Å². The maximum atomic E-state index is 5.61. The van der Waals surface area contributed by atoms with Crippen molar-refractivity contribution in [2.75, 3.05) is 25.1 Å². The monoisotopic (exact) mass is 468 g/mol. The number of halogens is 1. The van der Waals surface area contributed by atoms with Crippen molar-refractivity contribution >= 4 is 66.6 Å². The number of ether oxygens (including phenoxy) is 1. The third-order valence-corrected chi connectivity index (χ3v) is 6.14. The van der Waals surface area contributed by atoms with Crippen LogP contribution in [0.4, 0.5) is 5.69 Å². The highest BCUT2D eigenvalue weighted by molar-refractivity contribution is 9.10. The van der Waals surface area contributed by atoms with Crippen LogP contribution < -0.4 is 9.64 Å². The zero-order chi connectivity index (χ0) is 20.4. The first-order valence-electron chi connectivity index (χ1n) is 9.46. The molecule has 4 aromatic rings. The molecule has 2 aromatic heterocycles. The Morgan fingerprint density at radius 1 is 1.00 bits per heavy atom. The summed E-state index contributed by atoms with van der Waals surface area (Å²) in [5, 5.41) is 0.865. The molecule has 0 amide bonds. The first kappa shape index (κ1) is 19.8. The minimum absolute atomic E-state index is 0.670. The van der Waals surface area contributed by atoms with Gasteiger partial charge in [0.25, 0.3) is 0 Å². The van der Waals surface area contributed by atoms with Crippen molar-refractivity contribution in [3.05, 3.63) is 51.4 Å². The number of fused-ring (bicyclic) bond motifs is 2. The molecule has 5 nitrogen and oxygen atoms in total. The average molecular weight is 469 g/mol. The summed E-state index contributed by atoms with van der Waals surface area (Å²) in [6.07, 6.45) is 4.02. The van der Waals surface area contributed by atoms with E-state index in [4.69, 9.17) is 4.74 Å². The zero-order valence-electron chi connectivity index (χ0n) is 16.5. The van der Waals surface area contributed by atoms with E-state index in [0.717, 1.165) is 55.4 Å². The molecule has 148 valence electrons. The Hall–Kier alpha value is -2.51. The van der Waals surface area contributed by atoms with E-state index < -0.39 is 0 Å². The van der Waals surface area contributed by atoms with Crippen molar-refractivity contribution < 1.29 is 4.74 Å². The van der Waals surface area contributed by atoms with Crippen molar-refractivity contribution in [3.8, 4) is 5.75 Å². The topological polar surface area (TPSA) is 51.1 Å². The van der Waals surface area contributed by atoms with E-state index in [-0.39, 0.29) is 0 Å². The Labute approximate surface area is 182 Å². The molecular weight excluding hydrogens is 448 g/mol. The highest BCUT2D eigenvalue weighted by Crippen LogP contribution is 2.29. The summed E-state index contributed by atoms with van der Waals surface area (Å²) in [5.41, 5.74) is 4.55. The molecule has 0 radical (unpaired) electrons. The van der Waals surface area contributed by atoms with Crippen LogP contribution in [-0.2, 0) is 0 Å². The summed E-state index contributed by atoms with van der Waals surface area (Å²) in [6, 6.07) is 12.2. The van der Waals surface area contributed by atoms with Gasteiger partial charge in [-0.3, -0.25) is 0 Å². The third kappa shape index (κ3) is 4.11. The number of hydrogen-bond donors (Lipinski definition) is 0. The molecule has 29 heavy (non-hydrogen) atoms. The van der Waals surface area contributed by atoms with Crippen LogP contribution in [-0.4, -0.2) is 35.2 Å².